The number of hydrogen-bond acceptors (Lipinski definition) is 6. The monoisotopic (exact) mass is 393 g/mol. The number of ether oxygens (including phenoxy) is 1. The van der Waals surface area contributed by atoms with E-state index in [9.17, 15) is 19.5 Å². The zero-order valence-electron chi connectivity index (χ0n) is 15.7. The number of hydrogen-bond donors (Lipinski definition) is 2. The molecule has 0 radical (unpaired) electrons. The van der Waals surface area contributed by atoms with E-state index in [2.05, 4.69) is 5.32 Å². The Kier molecular flexibility index (Phi) is 6.90. The molecule has 2 atom stereocenters. The third kappa shape index (κ3) is 5.03. The van der Waals surface area contributed by atoms with Crippen LogP contribution in [0.4, 0.5) is 0 Å². The van der Waals surface area contributed by atoms with Gasteiger partial charge in [0.05, 0.1) is 0 Å². The number of aliphatic carboxylic acids is 1. The Labute approximate surface area is 161 Å². The summed E-state index contributed by atoms with van der Waals surface area (Å²) >= 11 is 1.51. The second kappa shape index (κ2) is 8.94. The van der Waals surface area contributed by atoms with Gasteiger partial charge < -0.3 is 19.6 Å². The number of benzene rings is 1. The Morgan fingerprint density at radius 1 is 1.30 bits per heavy atom. The van der Waals surface area contributed by atoms with Crippen LogP contribution in [-0.2, 0) is 9.59 Å². The van der Waals surface area contributed by atoms with E-state index < -0.39 is 29.6 Å². The fourth-order valence-corrected chi connectivity index (χ4v) is 3.01. The van der Waals surface area contributed by atoms with Gasteiger partial charge in [-0.25, -0.2) is 9.59 Å². The first kappa shape index (κ1) is 20.8. The highest BCUT2D eigenvalue weighted by Crippen LogP contribution is 2.24. The van der Waals surface area contributed by atoms with E-state index in [1.165, 1.54) is 18.7 Å². The van der Waals surface area contributed by atoms with Crippen molar-refractivity contribution in [3.05, 3.63) is 39.7 Å². The Morgan fingerprint density at radius 3 is 2.63 bits per heavy atom. The van der Waals surface area contributed by atoms with Gasteiger partial charge in [-0.05, 0) is 56.9 Å². The van der Waals surface area contributed by atoms with Gasteiger partial charge in [0.2, 0.25) is 0 Å². The van der Waals surface area contributed by atoms with E-state index in [4.69, 9.17) is 9.15 Å². The smallest absolute Gasteiger partial charge is 0.339 e. The predicted molar refractivity (Wildman–Crippen MR) is 105 cm³/mol. The number of carbonyl (C=O) groups is 2. The van der Waals surface area contributed by atoms with Crippen LogP contribution in [0.25, 0.3) is 11.0 Å². The predicted octanol–water partition coefficient (Wildman–Crippen LogP) is 2.50. The molecule has 8 heteroatoms. The van der Waals surface area contributed by atoms with Gasteiger partial charge in [0.15, 0.2) is 6.10 Å². The van der Waals surface area contributed by atoms with Crippen LogP contribution in [0, 0.1) is 13.8 Å². The molecule has 27 heavy (non-hydrogen) atoms. The standard InChI is InChI=1S/C19H23NO6S/c1-10-11(2)19(24)26-16-9-13(5-6-14(10)16)25-12(3)17(21)20-15(18(22)23)7-8-27-4/h5-6,9,12,15H,7-8H2,1-4H3,(H,20,21)(H,22,23)/t12-,15+/m1/s1. The highest BCUT2D eigenvalue weighted by Gasteiger charge is 2.23. The maximum absolute atomic E-state index is 12.3. The average molecular weight is 393 g/mol. The number of thioether (sulfide) groups is 1. The lowest BCUT2D eigenvalue weighted by Crippen LogP contribution is -2.46. The number of fused-ring (bicyclic) bond motifs is 1. The molecule has 2 rings (SSSR count). The maximum Gasteiger partial charge on any atom is 0.339 e. The zero-order chi connectivity index (χ0) is 20.1. The zero-order valence-corrected chi connectivity index (χ0v) is 16.5. The quantitative estimate of drug-likeness (QED) is 0.664. The number of carboxylic acids is 1. The molecule has 0 saturated carbocycles. The summed E-state index contributed by atoms with van der Waals surface area (Å²) in [6, 6.07) is 4.03. The minimum absolute atomic E-state index is 0.328. The van der Waals surface area contributed by atoms with Crippen LogP contribution in [0.5, 0.6) is 5.75 Å². The second-order valence-corrected chi connectivity index (χ2v) is 7.22. The number of aryl methyl sites for hydroxylation is 1. The third-order valence-electron chi connectivity index (χ3n) is 4.34. The molecule has 1 amide bonds. The number of carbonyl (C=O) groups excluding carboxylic acids is 1. The first-order valence-corrected chi connectivity index (χ1v) is 9.86. The average Bonchev–Trinajstić information content (AvgIpc) is 2.62. The van der Waals surface area contributed by atoms with Crippen molar-refractivity contribution < 1.29 is 23.8 Å². The van der Waals surface area contributed by atoms with Crippen molar-refractivity contribution in [3.63, 3.8) is 0 Å². The molecule has 1 heterocycles. The lowest BCUT2D eigenvalue weighted by Gasteiger charge is -2.19. The van der Waals surface area contributed by atoms with E-state index in [0.717, 1.165) is 10.9 Å². The van der Waals surface area contributed by atoms with Crippen LogP contribution in [0.3, 0.4) is 0 Å². The molecule has 146 valence electrons. The molecule has 0 aliphatic heterocycles. The Balaban J connectivity index is 2.13. The normalized spacial score (nSPS) is 13.2. The van der Waals surface area contributed by atoms with Crippen molar-refractivity contribution in [3.8, 4) is 5.75 Å². The highest BCUT2D eigenvalue weighted by molar-refractivity contribution is 7.98. The summed E-state index contributed by atoms with van der Waals surface area (Å²) in [5.41, 5.74) is 1.34. The van der Waals surface area contributed by atoms with Gasteiger partial charge in [0, 0.05) is 17.0 Å². The largest absolute Gasteiger partial charge is 0.481 e. The van der Waals surface area contributed by atoms with E-state index in [-0.39, 0.29) is 0 Å². The summed E-state index contributed by atoms with van der Waals surface area (Å²) in [5.74, 6) is -0.629. The van der Waals surface area contributed by atoms with Crippen molar-refractivity contribution in [2.24, 2.45) is 0 Å². The van der Waals surface area contributed by atoms with Crippen molar-refractivity contribution in [2.75, 3.05) is 12.0 Å². The maximum atomic E-state index is 12.3. The van der Waals surface area contributed by atoms with Crippen molar-refractivity contribution in [1.82, 2.24) is 5.32 Å². The molecule has 1 aromatic heterocycles. The molecular weight excluding hydrogens is 370 g/mol. The minimum Gasteiger partial charge on any atom is -0.481 e. The Hall–Kier alpha value is -2.48. The molecule has 2 aromatic rings. The fourth-order valence-electron chi connectivity index (χ4n) is 2.54. The second-order valence-electron chi connectivity index (χ2n) is 6.24. The molecule has 7 nitrogen and oxygen atoms in total. The van der Waals surface area contributed by atoms with Crippen molar-refractivity contribution >= 4 is 34.6 Å². The number of rotatable bonds is 8. The topological polar surface area (TPSA) is 106 Å². The molecule has 1 aromatic carbocycles. The number of amides is 1. The Bertz CT molecular complexity index is 907. The lowest BCUT2D eigenvalue weighted by atomic mass is 10.1. The molecule has 2 N–H and O–H groups in total. The van der Waals surface area contributed by atoms with Crippen LogP contribution < -0.4 is 15.7 Å². The van der Waals surface area contributed by atoms with Crippen LogP contribution >= 0.6 is 11.8 Å². The summed E-state index contributed by atoms with van der Waals surface area (Å²) in [7, 11) is 0. The minimum atomic E-state index is -1.08. The summed E-state index contributed by atoms with van der Waals surface area (Å²) in [6.07, 6.45) is 1.29. The fraction of sp³-hybridized carbons (Fsp3) is 0.421. The van der Waals surface area contributed by atoms with E-state index >= 15 is 0 Å². The molecule has 0 aliphatic rings. The molecule has 0 aliphatic carbocycles. The van der Waals surface area contributed by atoms with Gasteiger partial charge in [-0.2, -0.15) is 11.8 Å². The van der Waals surface area contributed by atoms with Gasteiger partial charge in [-0.15, -0.1) is 0 Å². The molecule has 0 fully saturated rings. The van der Waals surface area contributed by atoms with Gasteiger partial charge in [-0.3, -0.25) is 4.79 Å². The summed E-state index contributed by atoms with van der Waals surface area (Å²) in [6.45, 7) is 5.07. The van der Waals surface area contributed by atoms with Crippen LogP contribution in [0.1, 0.15) is 24.5 Å². The highest BCUT2D eigenvalue weighted by atomic mass is 32.2. The van der Waals surface area contributed by atoms with Gasteiger partial charge in [0.1, 0.15) is 17.4 Å². The first-order valence-electron chi connectivity index (χ1n) is 8.47. The van der Waals surface area contributed by atoms with Crippen LogP contribution in [0.2, 0.25) is 0 Å². The summed E-state index contributed by atoms with van der Waals surface area (Å²) in [5, 5.41) is 12.5. The van der Waals surface area contributed by atoms with Crippen LogP contribution in [0.15, 0.2) is 27.4 Å². The Morgan fingerprint density at radius 2 is 2.00 bits per heavy atom. The third-order valence-corrected chi connectivity index (χ3v) is 4.98. The van der Waals surface area contributed by atoms with Crippen molar-refractivity contribution in [1.29, 1.82) is 0 Å². The molecule has 0 saturated heterocycles. The van der Waals surface area contributed by atoms with Gasteiger partial charge in [0.25, 0.3) is 5.91 Å². The number of nitrogens with one attached hydrogen (secondary N) is 1. The van der Waals surface area contributed by atoms with Crippen LogP contribution in [-0.4, -0.2) is 41.1 Å². The molecule has 0 spiro atoms. The lowest BCUT2D eigenvalue weighted by molar-refractivity contribution is -0.142. The van der Waals surface area contributed by atoms with Gasteiger partial charge >= 0.3 is 11.6 Å². The SMILES string of the molecule is CSCC[C@H](NC(=O)[C@@H](C)Oc1ccc2c(C)c(C)c(=O)oc2c1)C(=O)O. The van der Waals surface area contributed by atoms with E-state index in [1.54, 1.807) is 25.1 Å². The van der Waals surface area contributed by atoms with E-state index in [1.807, 2.05) is 13.2 Å². The molecule has 0 unspecified atom stereocenters. The first-order chi connectivity index (χ1) is 12.7. The van der Waals surface area contributed by atoms with Crippen molar-refractivity contribution in [2.45, 2.75) is 39.3 Å². The molecular formula is C19H23NO6S. The van der Waals surface area contributed by atoms with Gasteiger partial charge in [-0.1, -0.05) is 0 Å². The summed E-state index contributed by atoms with van der Waals surface area (Å²) < 4.78 is 10.9. The molecule has 0 bridgehead atoms. The van der Waals surface area contributed by atoms with E-state index in [0.29, 0.717) is 29.1 Å². The summed E-state index contributed by atoms with van der Waals surface area (Å²) in [4.78, 5) is 35.4. The number of carboxylic acid groups (broad SMARTS) is 1.